The zero-order valence-electron chi connectivity index (χ0n) is 12.2. The highest BCUT2D eigenvalue weighted by atomic mass is 15.3. The smallest absolute Gasteiger partial charge is 0.0560 e. The fourth-order valence-electron chi connectivity index (χ4n) is 3.30. The van der Waals surface area contributed by atoms with Crippen molar-refractivity contribution in [3.63, 3.8) is 0 Å². The Balaban J connectivity index is 1.82. The summed E-state index contributed by atoms with van der Waals surface area (Å²) in [6.07, 6.45) is 7.85. The third-order valence-corrected chi connectivity index (χ3v) is 4.21. The van der Waals surface area contributed by atoms with E-state index >= 15 is 0 Å². The molecule has 1 heterocycles. The van der Waals surface area contributed by atoms with Crippen LogP contribution in [0.5, 0.6) is 0 Å². The summed E-state index contributed by atoms with van der Waals surface area (Å²) in [5, 5.41) is 8.05. The van der Waals surface area contributed by atoms with Crippen molar-refractivity contribution >= 4 is 0 Å². The molecule has 0 amide bonds. The number of rotatable bonds is 4. The van der Waals surface area contributed by atoms with E-state index in [0.717, 1.165) is 12.5 Å². The molecule has 0 saturated heterocycles. The molecule has 1 aromatic rings. The first-order valence-electron chi connectivity index (χ1n) is 7.20. The number of nitrogens with one attached hydrogen (secondary N) is 1. The molecule has 0 radical (unpaired) electrons. The molecule has 0 bridgehead atoms. The molecule has 0 aliphatic heterocycles. The van der Waals surface area contributed by atoms with Gasteiger partial charge in [-0.2, -0.15) is 5.10 Å². The number of nitrogens with zero attached hydrogens (tertiary/aromatic N) is 2. The summed E-state index contributed by atoms with van der Waals surface area (Å²) in [5.74, 6) is 0.772. The van der Waals surface area contributed by atoms with Gasteiger partial charge in [-0.25, -0.2) is 0 Å². The van der Waals surface area contributed by atoms with Crippen LogP contribution in [-0.4, -0.2) is 21.9 Å². The third kappa shape index (κ3) is 3.58. The van der Waals surface area contributed by atoms with E-state index in [-0.39, 0.29) is 0 Å². The summed E-state index contributed by atoms with van der Waals surface area (Å²) in [5.41, 5.74) is 0.531. The average molecular weight is 249 g/mol. The van der Waals surface area contributed by atoms with Crippen LogP contribution in [0, 0.1) is 11.3 Å². The molecule has 1 aromatic heterocycles. The van der Waals surface area contributed by atoms with Crippen LogP contribution in [0.2, 0.25) is 0 Å². The van der Waals surface area contributed by atoms with Gasteiger partial charge >= 0.3 is 0 Å². The Morgan fingerprint density at radius 1 is 1.50 bits per heavy atom. The van der Waals surface area contributed by atoms with Crippen molar-refractivity contribution in [1.29, 1.82) is 0 Å². The molecule has 0 spiro atoms. The Morgan fingerprint density at radius 2 is 2.28 bits per heavy atom. The monoisotopic (exact) mass is 249 g/mol. The van der Waals surface area contributed by atoms with Crippen LogP contribution < -0.4 is 5.32 Å². The van der Waals surface area contributed by atoms with E-state index in [9.17, 15) is 0 Å². The second kappa shape index (κ2) is 5.43. The van der Waals surface area contributed by atoms with E-state index < -0.39 is 0 Å². The van der Waals surface area contributed by atoms with Crippen molar-refractivity contribution < 1.29 is 0 Å². The van der Waals surface area contributed by atoms with Crippen LogP contribution in [0.15, 0.2) is 18.5 Å². The molecule has 2 rings (SSSR count). The normalized spacial score (nSPS) is 29.1. The van der Waals surface area contributed by atoms with Gasteiger partial charge in [-0.3, -0.25) is 4.68 Å². The third-order valence-electron chi connectivity index (χ3n) is 4.21. The minimum Gasteiger partial charge on any atom is -0.309 e. The molecule has 1 aliphatic carbocycles. The molecule has 102 valence electrons. The van der Waals surface area contributed by atoms with Gasteiger partial charge in [-0.15, -0.1) is 0 Å². The number of hydrogen-bond donors (Lipinski definition) is 1. The van der Waals surface area contributed by atoms with Crippen LogP contribution in [0.25, 0.3) is 0 Å². The predicted octanol–water partition coefficient (Wildman–Crippen LogP) is 3.08. The molecule has 1 N–H and O–H groups in total. The Labute approximate surface area is 111 Å². The van der Waals surface area contributed by atoms with Crippen molar-refractivity contribution in [3.8, 4) is 0 Å². The first-order chi connectivity index (χ1) is 8.46. The summed E-state index contributed by atoms with van der Waals surface area (Å²) in [6.45, 7) is 10.4. The fraction of sp³-hybridized carbons (Fsp3) is 0.800. The highest BCUT2D eigenvalue weighted by Gasteiger charge is 2.32. The van der Waals surface area contributed by atoms with Crippen LogP contribution in [0.3, 0.4) is 0 Å². The van der Waals surface area contributed by atoms with Crippen molar-refractivity contribution in [2.24, 2.45) is 11.3 Å². The van der Waals surface area contributed by atoms with Gasteiger partial charge in [0.2, 0.25) is 0 Å². The topological polar surface area (TPSA) is 29.9 Å². The van der Waals surface area contributed by atoms with E-state index in [0.29, 0.717) is 17.5 Å². The summed E-state index contributed by atoms with van der Waals surface area (Å²) in [4.78, 5) is 0. The standard InChI is InChI=1S/C15H27N3/c1-12-10-15(3,4)7-6-14(12)17-13(2)11-18-9-5-8-16-18/h5,8-9,12-14,17H,6-7,10-11H2,1-4H3. The molecule has 1 aliphatic rings. The molecule has 3 nitrogen and oxygen atoms in total. The Kier molecular flexibility index (Phi) is 4.10. The number of hydrogen-bond acceptors (Lipinski definition) is 2. The molecular weight excluding hydrogens is 222 g/mol. The second-order valence-corrected chi connectivity index (χ2v) is 6.79. The van der Waals surface area contributed by atoms with E-state index in [1.807, 2.05) is 23.1 Å². The zero-order chi connectivity index (χ0) is 13.2. The van der Waals surface area contributed by atoms with Crippen molar-refractivity contribution in [2.75, 3.05) is 0 Å². The van der Waals surface area contributed by atoms with Crippen LogP contribution >= 0.6 is 0 Å². The molecule has 18 heavy (non-hydrogen) atoms. The van der Waals surface area contributed by atoms with Gasteiger partial charge in [0.25, 0.3) is 0 Å². The van der Waals surface area contributed by atoms with Gasteiger partial charge in [0.1, 0.15) is 0 Å². The Morgan fingerprint density at radius 3 is 2.89 bits per heavy atom. The van der Waals surface area contributed by atoms with Gasteiger partial charge in [0.15, 0.2) is 0 Å². The molecule has 3 unspecified atom stereocenters. The lowest BCUT2D eigenvalue weighted by molar-refractivity contribution is 0.140. The summed E-state index contributed by atoms with van der Waals surface area (Å²) in [7, 11) is 0. The van der Waals surface area contributed by atoms with Crippen molar-refractivity contribution in [3.05, 3.63) is 18.5 Å². The van der Waals surface area contributed by atoms with Gasteiger partial charge in [0, 0.05) is 24.5 Å². The minimum absolute atomic E-state index is 0.485. The zero-order valence-corrected chi connectivity index (χ0v) is 12.2. The molecule has 1 fully saturated rings. The van der Waals surface area contributed by atoms with Gasteiger partial charge < -0.3 is 5.32 Å². The Bertz CT molecular complexity index is 356. The first kappa shape index (κ1) is 13.6. The van der Waals surface area contributed by atoms with E-state index in [1.54, 1.807) is 0 Å². The lowest BCUT2D eigenvalue weighted by atomic mass is 9.70. The average Bonchev–Trinajstić information content (AvgIpc) is 2.74. The van der Waals surface area contributed by atoms with E-state index in [1.165, 1.54) is 19.3 Å². The maximum atomic E-state index is 4.27. The van der Waals surface area contributed by atoms with E-state index in [2.05, 4.69) is 38.1 Å². The van der Waals surface area contributed by atoms with Gasteiger partial charge in [-0.1, -0.05) is 20.8 Å². The van der Waals surface area contributed by atoms with Gasteiger partial charge in [-0.05, 0) is 43.6 Å². The quantitative estimate of drug-likeness (QED) is 0.888. The minimum atomic E-state index is 0.485. The van der Waals surface area contributed by atoms with Crippen LogP contribution in [0.4, 0.5) is 0 Å². The Hall–Kier alpha value is -0.830. The lowest BCUT2D eigenvalue weighted by Gasteiger charge is -2.40. The molecular formula is C15H27N3. The number of aromatic nitrogens is 2. The van der Waals surface area contributed by atoms with Crippen LogP contribution in [0.1, 0.15) is 47.0 Å². The van der Waals surface area contributed by atoms with Gasteiger partial charge in [0.05, 0.1) is 6.54 Å². The summed E-state index contributed by atoms with van der Waals surface area (Å²) >= 11 is 0. The van der Waals surface area contributed by atoms with Crippen LogP contribution in [-0.2, 0) is 6.54 Å². The van der Waals surface area contributed by atoms with Crippen molar-refractivity contribution in [1.82, 2.24) is 15.1 Å². The molecule has 0 aromatic carbocycles. The second-order valence-electron chi connectivity index (χ2n) is 6.79. The molecule has 1 saturated carbocycles. The molecule has 3 heteroatoms. The maximum Gasteiger partial charge on any atom is 0.0560 e. The summed E-state index contributed by atoms with van der Waals surface area (Å²) < 4.78 is 2.01. The maximum absolute atomic E-state index is 4.27. The summed E-state index contributed by atoms with van der Waals surface area (Å²) in [6, 6.07) is 3.14. The van der Waals surface area contributed by atoms with E-state index in [4.69, 9.17) is 0 Å². The highest BCUT2D eigenvalue weighted by molar-refractivity contribution is 4.88. The fourth-order valence-corrected chi connectivity index (χ4v) is 3.30. The largest absolute Gasteiger partial charge is 0.309 e. The SMILES string of the molecule is CC(Cn1cccn1)NC1CCC(C)(C)CC1C. The predicted molar refractivity (Wildman–Crippen MR) is 75.4 cm³/mol. The first-order valence-corrected chi connectivity index (χ1v) is 7.20. The van der Waals surface area contributed by atoms with Crippen molar-refractivity contribution in [2.45, 2.75) is 65.6 Å². The highest BCUT2D eigenvalue weighted by Crippen LogP contribution is 2.38. The molecule has 3 atom stereocenters. The lowest BCUT2D eigenvalue weighted by Crippen LogP contribution is -2.46.